The molecule has 0 bridgehead atoms. The van der Waals surface area contributed by atoms with Crippen LogP contribution in [0.1, 0.15) is 57.3 Å². The lowest BCUT2D eigenvalue weighted by atomic mass is 9.88. The molecule has 0 amide bonds. The summed E-state index contributed by atoms with van der Waals surface area (Å²) in [6, 6.07) is 46.9. The Balaban J connectivity index is 0.000000151. The van der Waals surface area contributed by atoms with Crippen LogP contribution in [-0.2, 0) is 0 Å². The lowest BCUT2D eigenvalue weighted by Gasteiger charge is -2.40. The van der Waals surface area contributed by atoms with Crippen molar-refractivity contribution in [3.8, 4) is 0 Å². The van der Waals surface area contributed by atoms with E-state index in [2.05, 4.69) is 229 Å². The number of aryl methyl sites for hydroxylation is 6. The van der Waals surface area contributed by atoms with Crippen LogP contribution >= 0.6 is 23.5 Å². The number of quaternary nitrogens is 1. The standard InChI is InChI=1S/C21H28N2.C20H27N2S.C19H24N2S/c1-16-9-10-19(17(2)15-16)18(3)20-7-5-6-8-21(20)23-13-11-22(4)12-14-23;1-16-9-10-19(17(2)15-16)23-20-8-6-5-7-18(20)21-11-13-22(3,4)14-12-21;1-15-8-9-18(16(2)14-15)22-19-7-5-4-6-17(19)21-12-10-20(3)11-13-21/h5-10,15,18H,11-14H2,1-4H3;5-10,15H,11-14H2,1-4H3;4-9,14H,10-13H2,1-3H3/q;+1;. The number of anilines is 3. The maximum absolute atomic E-state index is 2.55. The largest absolute Gasteiger partial charge is 0.369 e. The van der Waals surface area contributed by atoms with Crippen LogP contribution in [-0.4, -0.2) is 121 Å². The zero-order valence-electron chi connectivity index (χ0n) is 43.2. The van der Waals surface area contributed by atoms with Crippen LogP contribution < -0.4 is 14.7 Å². The third-order valence-corrected chi connectivity index (χ3v) is 16.6. The van der Waals surface area contributed by atoms with Crippen LogP contribution in [0, 0.1) is 41.5 Å². The second kappa shape index (κ2) is 23.7. The number of hydrogen-bond donors (Lipinski definition) is 0. The summed E-state index contributed by atoms with van der Waals surface area (Å²) < 4.78 is 1.13. The summed E-state index contributed by atoms with van der Waals surface area (Å²) in [7, 11) is 9.07. The van der Waals surface area contributed by atoms with Crippen molar-refractivity contribution < 1.29 is 4.48 Å². The second-order valence-electron chi connectivity index (χ2n) is 20.3. The van der Waals surface area contributed by atoms with E-state index in [1.807, 2.05) is 23.5 Å². The van der Waals surface area contributed by atoms with Gasteiger partial charge in [0.25, 0.3) is 0 Å². The summed E-state index contributed by atoms with van der Waals surface area (Å²) in [6.07, 6.45) is 0. The van der Waals surface area contributed by atoms with Gasteiger partial charge in [-0.05, 0) is 126 Å². The molecule has 3 saturated heterocycles. The second-order valence-corrected chi connectivity index (χ2v) is 22.4. The van der Waals surface area contributed by atoms with E-state index in [-0.39, 0.29) is 0 Å². The van der Waals surface area contributed by atoms with Crippen molar-refractivity contribution in [2.24, 2.45) is 0 Å². The molecule has 6 aromatic carbocycles. The van der Waals surface area contributed by atoms with Gasteiger partial charge in [-0.2, -0.15) is 0 Å². The van der Waals surface area contributed by atoms with Gasteiger partial charge in [0, 0.05) is 83.5 Å². The highest BCUT2D eigenvalue weighted by Gasteiger charge is 2.26. The maximum Gasteiger partial charge on any atom is 0.0961 e. The van der Waals surface area contributed by atoms with Crippen molar-refractivity contribution >= 4 is 40.6 Å². The van der Waals surface area contributed by atoms with Crippen LogP contribution in [0.5, 0.6) is 0 Å². The van der Waals surface area contributed by atoms with Crippen LogP contribution in [0.15, 0.2) is 147 Å². The van der Waals surface area contributed by atoms with Gasteiger partial charge in [-0.25, -0.2) is 0 Å². The fourth-order valence-electron chi connectivity index (χ4n) is 9.64. The molecule has 0 aliphatic carbocycles. The molecule has 360 valence electrons. The lowest BCUT2D eigenvalue weighted by Crippen LogP contribution is -2.55. The molecule has 3 aliphatic heterocycles. The first-order valence-corrected chi connectivity index (χ1v) is 26.6. The third-order valence-electron chi connectivity index (χ3n) is 14.1. The number of hydrogen-bond acceptors (Lipinski definition) is 7. The molecular weight excluding hydrogens is 869 g/mol. The Morgan fingerprint density at radius 3 is 1.24 bits per heavy atom. The Bertz CT molecular complexity index is 2560. The highest BCUT2D eigenvalue weighted by Crippen LogP contribution is 2.39. The first-order chi connectivity index (χ1) is 32.6. The Kier molecular flexibility index (Phi) is 17.9. The predicted molar refractivity (Wildman–Crippen MR) is 296 cm³/mol. The molecule has 6 nitrogen and oxygen atoms in total. The van der Waals surface area contributed by atoms with E-state index >= 15 is 0 Å². The molecule has 3 heterocycles. The molecule has 3 fully saturated rings. The number of para-hydroxylation sites is 3. The monoisotopic (exact) mass is 948 g/mol. The van der Waals surface area contributed by atoms with Gasteiger partial charge >= 0.3 is 0 Å². The molecule has 8 heteroatoms. The first-order valence-electron chi connectivity index (χ1n) is 24.9. The Morgan fingerprint density at radius 1 is 0.397 bits per heavy atom. The van der Waals surface area contributed by atoms with E-state index in [1.165, 1.54) is 94.2 Å². The Hall–Kier alpha value is -4.70. The molecular formula is C60H79N6S2+. The summed E-state index contributed by atoms with van der Waals surface area (Å²) >= 11 is 3.79. The quantitative estimate of drug-likeness (QED) is 0.133. The van der Waals surface area contributed by atoms with Gasteiger partial charge < -0.3 is 29.0 Å². The summed E-state index contributed by atoms with van der Waals surface area (Å²) in [6.45, 7) is 29.2. The first kappa shape index (κ1) is 51.2. The van der Waals surface area contributed by atoms with Gasteiger partial charge in [-0.15, -0.1) is 0 Å². The summed E-state index contributed by atoms with van der Waals surface area (Å²) in [5.41, 5.74) is 15.2. The lowest BCUT2D eigenvalue weighted by molar-refractivity contribution is -0.890. The van der Waals surface area contributed by atoms with Gasteiger partial charge in [0.2, 0.25) is 0 Å². The van der Waals surface area contributed by atoms with Crippen LogP contribution in [0.3, 0.4) is 0 Å². The van der Waals surface area contributed by atoms with Gasteiger partial charge in [-0.3, -0.25) is 0 Å². The summed E-state index contributed by atoms with van der Waals surface area (Å²) in [5, 5.41) is 0. The van der Waals surface area contributed by atoms with Gasteiger partial charge in [0.05, 0.1) is 51.6 Å². The Labute approximate surface area is 419 Å². The minimum atomic E-state index is 0.423. The molecule has 1 unspecified atom stereocenters. The molecule has 0 N–H and O–H groups in total. The number of rotatable bonds is 9. The average Bonchev–Trinajstić information content (AvgIpc) is 3.32. The topological polar surface area (TPSA) is 16.2 Å². The fourth-order valence-corrected chi connectivity index (χ4v) is 11.7. The number of likely N-dealkylation sites (N-methyl/N-ethyl adjacent to an activating group) is 3. The molecule has 0 aromatic heterocycles. The number of nitrogens with zero attached hydrogens (tertiary/aromatic N) is 6. The molecule has 0 radical (unpaired) electrons. The molecule has 0 spiro atoms. The van der Waals surface area contributed by atoms with Crippen molar-refractivity contribution in [2.75, 3.05) is 121 Å². The van der Waals surface area contributed by atoms with Crippen LogP contribution in [0.2, 0.25) is 0 Å². The van der Waals surface area contributed by atoms with E-state index in [0.717, 1.165) is 69.9 Å². The van der Waals surface area contributed by atoms with Crippen molar-refractivity contribution in [1.82, 2.24) is 9.80 Å². The summed E-state index contributed by atoms with van der Waals surface area (Å²) in [4.78, 5) is 17.9. The summed E-state index contributed by atoms with van der Waals surface area (Å²) in [5.74, 6) is 0.423. The van der Waals surface area contributed by atoms with E-state index in [4.69, 9.17) is 0 Å². The molecule has 1 atom stereocenters. The van der Waals surface area contributed by atoms with Crippen molar-refractivity contribution in [3.63, 3.8) is 0 Å². The average molecular weight is 948 g/mol. The van der Waals surface area contributed by atoms with Crippen molar-refractivity contribution in [1.29, 1.82) is 0 Å². The molecule has 9 rings (SSSR count). The van der Waals surface area contributed by atoms with Crippen LogP contribution in [0.4, 0.5) is 17.1 Å². The maximum atomic E-state index is 2.55. The predicted octanol–water partition coefficient (Wildman–Crippen LogP) is 12.8. The molecule has 68 heavy (non-hydrogen) atoms. The van der Waals surface area contributed by atoms with E-state index in [9.17, 15) is 0 Å². The molecule has 6 aromatic rings. The molecule has 0 saturated carbocycles. The normalized spacial score (nSPS) is 16.9. The number of piperazine rings is 3. The minimum absolute atomic E-state index is 0.423. The zero-order valence-corrected chi connectivity index (χ0v) is 44.8. The van der Waals surface area contributed by atoms with E-state index < -0.39 is 0 Å². The number of benzene rings is 6. The van der Waals surface area contributed by atoms with Crippen molar-refractivity contribution in [3.05, 3.63) is 172 Å². The highest BCUT2D eigenvalue weighted by molar-refractivity contribution is 7.99. The molecule has 3 aliphatic rings. The van der Waals surface area contributed by atoms with Crippen molar-refractivity contribution in [2.45, 2.75) is 74.0 Å². The van der Waals surface area contributed by atoms with Gasteiger partial charge in [0.1, 0.15) is 0 Å². The fraction of sp³-hybridized carbons (Fsp3) is 0.400. The minimum Gasteiger partial charge on any atom is -0.369 e. The van der Waals surface area contributed by atoms with E-state index in [1.54, 1.807) is 0 Å². The highest BCUT2D eigenvalue weighted by atomic mass is 32.2. The smallest absolute Gasteiger partial charge is 0.0961 e. The third kappa shape index (κ3) is 13.8. The van der Waals surface area contributed by atoms with Gasteiger partial charge in [0.15, 0.2) is 0 Å². The SMILES string of the molecule is Cc1ccc(C(C)c2ccccc2N2CCN(C)CC2)c(C)c1.Cc1ccc(Sc2ccccc2N2CCN(C)CC2)c(C)c1.Cc1ccc(Sc2ccccc2N2CC[N+](C)(C)CC2)c(C)c1. The Morgan fingerprint density at radius 2 is 0.779 bits per heavy atom. The van der Waals surface area contributed by atoms with E-state index in [0.29, 0.717) is 5.92 Å². The van der Waals surface area contributed by atoms with Crippen LogP contribution in [0.25, 0.3) is 0 Å². The zero-order chi connectivity index (χ0) is 48.4. The van der Waals surface area contributed by atoms with Gasteiger partial charge in [-0.1, -0.05) is 132 Å².